The van der Waals surface area contributed by atoms with Gasteiger partial charge in [-0.1, -0.05) is 0 Å². The van der Waals surface area contributed by atoms with Gasteiger partial charge < -0.3 is 5.32 Å². The Kier molecular flexibility index (Phi) is 2.09. The molecule has 82 valence electrons. The van der Waals surface area contributed by atoms with Gasteiger partial charge in [0.05, 0.1) is 11.4 Å². The average Bonchev–Trinajstić information content (AvgIpc) is 2.99. The summed E-state index contributed by atoms with van der Waals surface area (Å²) in [7, 11) is 0. The van der Waals surface area contributed by atoms with E-state index in [4.69, 9.17) is 0 Å². The van der Waals surface area contributed by atoms with E-state index < -0.39 is 0 Å². The van der Waals surface area contributed by atoms with E-state index in [0.717, 1.165) is 17.0 Å². The van der Waals surface area contributed by atoms with Crippen molar-refractivity contribution in [2.45, 2.75) is 25.8 Å². The summed E-state index contributed by atoms with van der Waals surface area (Å²) in [5, 5.41) is 10.2. The van der Waals surface area contributed by atoms with E-state index in [0.29, 0.717) is 12.0 Å². The van der Waals surface area contributed by atoms with Gasteiger partial charge in [0.25, 0.3) is 0 Å². The van der Waals surface area contributed by atoms with E-state index in [1.165, 1.54) is 12.8 Å². The van der Waals surface area contributed by atoms with E-state index in [-0.39, 0.29) is 0 Å². The molecule has 0 bridgehead atoms. The first-order valence-electron chi connectivity index (χ1n) is 5.43. The number of hydrogen-bond donors (Lipinski definition) is 2. The van der Waals surface area contributed by atoms with E-state index >= 15 is 0 Å². The zero-order valence-electron chi connectivity index (χ0n) is 9.07. The lowest BCUT2D eigenvalue weighted by atomic mass is 10.2. The van der Waals surface area contributed by atoms with Crippen LogP contribution in [0.2, 0.25) is 0 Å². The second-order valence-corrected chi connectivity index (χ2v) is 4.07. The molecular formula is C11H13N5. The molecule has 2 aromatic heterocycles. The van der Waals surface area contributed by atoms with Gasteiger partial charge in [0, 0.05) is 24.0 Å². The van der Waals surface area contributed by atoms with Crippen LogP contribution in [0.15, 0.2) is 18.5 Å². The number of aryl methyl sites for hydroxylation is 1. The minimum atomic E-state index is 0.570. The fraction of sp³-hybridized carbons (Fsp3) is 0.364. The Morgan fingerprint density at radius 1 is 1.44 bits per heavy atom. The molecule has 0 aromatic carbocycles. The Bertz CT molecular complexity index is 501. The van der Waals surface area contributed by atoms with Gasteiger partial charge in [0.15, 0.2) is 0 Å². The maximum absolute atomic E-state index is 4.47. The summed E-state index contributed by atoms with van der Waals surface area (Å²) in [5.41, 5.74) is 2.89. The maximum Gasteiger partial charge on any atom is 0.223 e. The molecule has 1 aliphatic rings. The fourth-order valence-electron chi connectivity index (χ4n) is 1.61. The molecule has 16 heavy (non-hydrogen) atoms. The molecule has 0 spiro atoms. The van der Waals surface area contributed by atoms with Crippen LogP contribution in [0.1, 0.15) is 18.5 Å². The summed E-state index contributed by atoms with van der Waals surface area (Å²) >= 11 is 0. The van der Waals surface area contributed by atoms with Crippen LogP contribution in [0.5, 0.6) is 0 Å². The van der Waals surface area contributed by atoms with Crippen LogP contribution in [-0.4, -0.2) is 26.2 Å². The van der Waals surface area contributed by atoms with Gasteiger partial charge in [-0.3, -0.25) is 5.10 Å². The van der Waals surface area contributed by atoms with Crippen LogP contribution >= 0.6 is 0 Å². The van der Waals surface area contributed by atoms with Crippen molar-refractivity contribution in [3.05, 3.63) is 24.2 Å². The highest BCUT2D eigenvalue weighted by Crippen LogP contribution is 2.24. The Morgan fingerprint density at radius 2 is 2.31 bits per heavy atom. The Balaban J connectivity index is 1.92. The normalized spacial score (nSPS) is 15.1. The molecule has 5 nitrogen and oxygen atoms in total. The zero-order valence-corrected chi connectivity index (χ0v) is 9.07. The van der Waals surface area contributed by atoms with Crippen molar-refractivity contribution in [3.8, 4) is 11.3 Å². The lowest BCUT2D eigenvalue weighted by Crippen LogP contribution is -2.05. The van der Waals surface area contributed by atoms with Gasteiger partial charge in [-0.25, -0.2) is 9.97 Å². The number of nitrogens with one attached hydrogen (secondary N) is 2. The molecule has 1 saturated carbocycles. The third-order valence-electron chi connectivity index (χ3n) is 2.67. The van der Waals surface area contributed by atoms with E-state index in [1.54, 1.807) is 6.20 Å². The van der Waals surface area contributed by atoms with E-state index in [1.807, 2.05) is 19.2 Å². The minimum Gasteiger partial charge on any atom is -0.351 e. The minimum absolute atomic E-state index is 0.570. The molecule has 2 aromatic rings. The van der Waals surface area contributed by atoms with E-state index in [9.17, 15) is 0 Å². The second-order valence-electron chi connectivity index (χ2n) is 4.07. The van der Waals surface area contributed by atoms with Gasteiger partial charge in [-0.05, 0) is 25.8 Å². The molecule has 0 saturated heterocycles. The summed E-state index contributed by atoms with van der Waals surface area (Å²) in [6, 6.07) is 2.47. The van der Waals surface area contributed by atoms with Crippen molar-refractivity contribution in [2.75, 3.05) is 5.32 Å². The highest BCUT2D eigenvalue weighted by Gasteiger charge is 2.22. The molecule has 0 radical (unpaired) electrons. The largest absolute Gasteiger partial charge is 0.351 e. The SMILES string of the molecule is Cc1n[nH]cc1-c1ccnc(NC2CC2)n1. The van der Waals surface area contributed by atoms with Crippen molar-refractivity contribution in [1.82, 2.24) is 20.2 Å². The number of nitrogens with zero attached hydrogens (tertiary/aromatic N) is 3. The van der Waals surface area contributed by atoms with Crippen molar-refractivity contribution in [3.63, 3.8) is 0 Å². The second kappa shape index (κ2) is 3.59. The van der Waals surface area contributed by atoms with Crippen LogP contribution in [0.4, 0.5) is 5.95 Å². The van der Waals surface area contributed by atoms with E-state index in [2.05, 4.69) is 25.5 Å². The summed E-state index contributed by atoms with van der Waals surface area (Å²) < 4.78 is 0. The number of aromatic nitrogens is 4. The maximum atomic E-state index is 4.47. The number of rotatable bonds is 3. The lowest BCUT2D eigenvalue weighted by molar-refractivity contribution is 1.04. The third kappa shape index (κ3) is 1.76. The van der Waals surface area contributed by atoms with Crippen LogP contribution in [0, 0.1) is 6.92 Å². The van der Waals surface area contributed by atoms with Crippen LogP contribution in [0.3, 0.4) is 0 Å². The lowest BCUT2D eigenvalue weighted by Gasteiger charge is -2.04. The van der Waals surface area contributed by atoms with Gasteiger partial charge in [0.1, 0.15) is 0 Å². The zero-order chi connectivity index (χ0) is 11.0. The molecule has 0 amide bonds. The molecule has 2 N–H and O–H groups in total. The number of aromatic amines is 1. The number of H-pyrrole nitrogens is 1. The molecule has 0 aliphatic heterocycles. The van der Waals surface area contributed by atoms with Gasteiger partial charge in [0.2, 0.25) is 5.95 Å². The summed E-state index contributed by atoms with van der Waals surface area (Å²) in [6.07, 6.45) is 6.08. The van der Waals surface area contributed by atoms with Crippen LogP contribution in [0.25, 0.3) is 11.3 Å². The number of anilines is 1. The number of hydrogen-bond acceptors (Lipinski definition) is 4. The van der Waals surface area contributed by atoms with Gasteiger partial charge in [-0.2, -0.15) is 5.10 Å². The summed E-state index contributed by atoms with van der Waals surface area (Å²) in [5.74, 6) is 0.709. The van der Waals surface area contributed by atoms with Crippen LogP contribution in [-0.2, 0) is 0 Å². The van der Waals surface area contributed by atoms with Crippen molar-refractivity contribution in [1.29, 1.82) is 0 Å². The van der Waals surface area contributed by atoms with Gasteiger partial charge in [-0.15, -0.1) is 0 Å². The predicted octanol–water partition coefficient (Wildman–Crippen LogP) is 1.75. The van der Waals surface area contributed by atoms with Crippen molar-refractivity contribution >= 4 is 5.95 Å². The van der Waals surface area contributed by atoms with Crippen LogP contribution < -0.4 is 5.32 Å². The summed E-state index contributed by atoms with van der Waals surface area (Å²) in [4.78, 5) is 8.68. The first-order chi connectivity index (χ1) is 7.83. The molecule has 5 heteroatoms. The van der Waals surface area contributed by atoms with Gasteiger partial charge >= 0.3 is 0 Å². The fourth-order valence-corrected chi connectivity index (χ4v) is 1.61. The van der Waals surface area contributed by atoms with Crippen molar-refractivity contribution < 1.29 is 0 Å². The topological polar surface area (TPSA) is 66.5 Å². The monoisotopic (exact) mass is 215 g/mol. The Hall–Kier alpha value is -1.91. The Morgan fingerprint density at radius 3 is 3.00 bits per heavy atom. The first-order valence-corrected chi connectivity index (χ1v) is 5.43. The molecule has 2 heterocycles. The Labute approximate surface area is 93.3 Å². The highest BCUT2D eigenvalue weighted by molar-refractivity contribution is 5.61. The smallest absolute Gasteiger partial charge is 0.223 e. The predicted molar refractivity (Wildman–Crippen MR) is 61.0 cm³/mol. The first kappa shape index (κ1) is 9.33. The molecule has 1 fully saturated rings. The summed E-state index contributed by atoms with van der Waals surface area (Å²) in [6.45, 7) is 1.96. The molecule has 1 aliphatic carbocycles. The van der Waals surface area contributed by atoms with Crippen molar-refractivity contribution in [2.24, 2.45) is 0 Å². The molecule has 0 unspecified atom stereocenters. The standard InChI is InChI=1S/C11H13N5/c1-7-9(6-13-16-7)10-4-5-12-11(15-10)14-8-2-3-8/h4-6,8H,2-3H2,1H3,(H,13,16)(H,12,14,15). The molecule has 0 atom stereocenters. The third-order valence-corrected chi connectivity index (χ3v) is 2.67. The molecule has 3 rings (SSSR count). The quantitative estimate of drug-likeness (QED) is 0.818. The average molecular weight is 215 g/mol. The molecular weight excluding hydrogens is 202 g/mol. The highest BCUT2D eigenvalue weighted by atomic mass is 15.1.